The van der Waals surface area contributed by atoms with Gasteiger partial charge in [-0.05, 0) is 23.8 Å². The number of halogens is 2. The van der Waals surface area contributed by atoms with Crippen LogP contribution in [0.1, 0.15) is 0 Å². The molecule has 0 aliphatic rings. The lowest BCUT2D eigenvalue weighted by molar-refractivity contribution is 0.274. The van der Waals surface area contributed by atoms with Crippen molar-refractivity contribution in [3.8, 4) is 16.9 Å². The number of hydrogen-bond acceptors (Lipinski definition) is 3. The van der Waals surface area contributed by atoms with Crippen molar-refractivity contribution in [2.45, 2.75) is 4.90 Å². The van der Waals surface area contributed by atoms with Crippen LogP contribution in [0.5, 0.6) is 5.75 Å². The van der Waals surface area contributed by atoms with E-state index < -0.39 is 15.7 Å². The fourth-order valence-electron chi connectivity index (χ4n) is 1.78. The van der Waals surface area contributed by atoms with Gasteiger partial charge in [-0.1, -0.05) is 30.3 Å². The van der Waals surface area contributed by atoms with E-state index in [0.717, 1.165) is 5.56 Å². The highest BCUT2D eigenvalue weighted by molar-refractivity contribution is 8.13. The Kier molecular flexibility index (Phi) is 4.62. The predicted molar refractivity (Wildman–Crippen MR) is 76.4 cm³/mol. The Morgan fingerprint density at radius 1 is 1.10 bits per heavy atom. The zero-order valence-electron chi connectivity index (χ0n) is 10.4. The van der Waals surface area contributed by atoms with Crippen LogP contribution in [-0.4, -0.2) is 21.7 Å². The van der Waals surface area contributed by atoms with Crippen molar-refractivity contribution in [1.29, 1.82) is 0 Å². The Morgan fingerprint density at radius 2 is 1.80 bits per heavy atom. The lowest BCUT2D eigenvalue weighted by Crippen LogP contribution is -2.01. The maximum absolute atomic E-state index is 12.2. The highest BCUT2D eigenvalue weighted by atomic mass is 35.7. The molecule has 2 rings (SSSR count). The molecule has 20 heavy (non-hydrogen) atoms. The van der Waals surface area contributed by atoms with Gasteiger partial charge in [0.1, 0.15) is 19.0 Å². The fraction of sp³-hybridized carbons (Fsp3) is 0.143. The third-order valence-corrected chi connectivity index (χ3v) is 4.00. The van der Waals surface area contributed by atoms with Crippen LogP contribution in [0.25, 0.3) is 11.1 Å². The van der Waals surface area contributed by atoms with Crippen LogP contribution >= 0.6 is 10.7 Å². The van der Waals surface area contributed by atoms with Crippen LogP contribution in [0.2, 0.25) is 0 Å². The first kappa shape index (κ1) is 14.8. The summed E-state index contributed by atoms with van der Waals surface area (Å²) in [7, 11) is 1.52. The van der Waals surface area contributed by atoms with Gasteiger partial charge in [-0.25, -0.2) is 12.8 Å². The molecule has 0 aromatic heterocycles. The predicted octanol–water partition coefficient (Wildman–Crippen LogP) is 3.63. The average molecular weight is 315 g/mol. The van der Waals surface area contributed by atoms with Gasteiger partial charge in [-0.3, -0.25) is 0 Å². The second-order valence-electron chi connectivity index (χ2n) is 4.00. The molecule has 0 fully saturated rings. The normalized spacial score (nSPS) is 11.3. The molecule has 0 spiro atoms. The van der Waals surface area contributed by atoms with E-state index in [-0.39, 0.29) is 11.5 Å². The molecule has 0 atom stereocenters. The molecule has 2 aromatic rings. The molecule has 0 saturated carbocycles. The highest BCUT2D eigenvalue weighted by Crippen LogP contribution is 2.33. The SMILES string of the molecule is O=S(=O)(Cl)c1ccc(OCCF)c(-c2ccccc2)c1. The molecule has 0 heterocycles. The molecule has 0 N–H and O–H groups in total. The van der Waals surface area contributed by atoms with Crippen LogP contribution in [-0.2, 0) is 9.05 Å². The minimum absolute atomic E-state index is 0.0226. The molecular formula is C14H12ClFO3S. The highest BCUT2D eigenvalue weighted by Gasteiger charge is 2.14. The van der Waals surface area contributed by atoms with Gasteiger partial charge >= 0.3 is 0 Å². The molecule has 106 valence electrons. The van der Waals surface area contributed by atoms with Crippen molar-refractivity contribution >= 4 is 19.7 Å². The topological polar surface area (TPSA) is 43.4 Å². The van der Waals surface area contributed by atoms with Crippen LogP contribution in [0.15, 0.2) is 53.4 Å². The van der Waals surface area contributed by atoms with Crippen molar-refractivity contribution in [2.24, 2.45) is 0 Å². The lowest BCUT2D eigenvalue weighted by Gasteiger charge is -2.11. The molecule has 0 saturated heterocycles. The average Bonchev–Trinajstić information content (AvgIpc) is 2.45. The molecule has 6 heteroatoms. The summed E-state index contributed by atoms with van der Waals surface area (Å²) < 4.78 is 40.3. The van der Waals surface area contributed by atoms with E-state index in [4.69, 9.17) is 15.4 Å². The molecule has 0 unspecified atom stereocenters. The van der Waals surface area contributed by atoms with Gasteiger partial charge in [0, 0.05) is 16.2 Å². The van der Waals surface area contributed by atoms with Crippen molar-refractivity contribution in [1.82, 2.24) is 0 Å². The lowest BCUT2D eigenvalue weighted by atomic mass is 10.0. The molecule has 0 aliphatic carbocycles. The molecule has 0 amide bonds. The summed E-state index contributed by atoms with van der Waals surface area (Å²) in [4.78, 5) is -0.0226. The Hall–Kier alpha value is -1.59. The quantitative estimate of drug-likeness (QED) is 0.792. The Balaban J connectivity index is 2.54. The monoisotopic (exact) mass is 314 g/mol. The molecule has 0 aliphatic heterocycles. The Morgan fingerprint density at radius 3 is 2.40 bits per heavy atom. The summed E-state index contributed by atoms with van der Waals surface area (Å²) >= 11 is 0. The Labute approximate surface area is 121 Å². The maximum atomic E-state index is 12.2. The first-order valence-corrected chi connectivity index (χ1v) is 8.16. The zero-order chi connectivity index (χ0) is 14.6. The van der Waals surface area contributed by atoms with E-state index in [0.29, 0.717) is 11.3 Å². The minimum atomic E-state index is -3.83. The van der Waals surface area contributed by atoms with Crippen molar-refractivity contribution < 1.29 is 17.5 Å². The van der Waals surface area contributed by atoms with E-state index >= 15 is 0 Å². The van der Waals surface area contributed by atoms with E-state index in [1.165, 1.54) is 18.2 Å². The third-order valence-electron chi connectivity index (χ3n) is 2.65. The van der Waals surface area contributed by atoms with E-state index in [1.54, 1.807) is 0 Å². The second kappa shape index (κ2) is 6.24. The van der Waals surface area contributed by atoms with Crippen LogP contribution in [0, 0.1) is 0 Å². The number of hydrogen-bond donors (Lipinski definition) is 0. The van der Waals surface area contributed by atoms with Gasteiger partial charge in [-0.2, -0.15) is 0 Å². The van der Waals surface area contributed by atoms with E-state index in [1.807, 2.05) is 30.3 Å². The molecule has 3 nitrogen and oxygen atoms in total. The summed E-state index contributed by atoms with van der Waals surface area (Å²) in [5.74, 6) is 0.415. The molecular weight excluding hydrogens is 303 g/mol. The first-order valence-electron chi connectivity index (χ1n) is 5.85. The fourth-order valence-corrected chi connectivity index (χ4v) is 2.56. The van der Waals surface area contributed by atoms with Gasteiger partial charge in [0.05, 0.1) is 4.90 Å². The number of rotatable bonds is 5. The zero-order valence-corrected chi connectivity index (χ0v) is 12.0. The second-order valence-corrected chi connectivity index (χ2v) is 6.57. The number of ether oxygens (including phenoxy) is 1. The van der Waals surface area contributed by atoms with Crippen molar-refractivity contribution in [2.75, 3.05) is 13.3 Å². The van der Waals surface area contributed by atoms with Gasteiger partial charge in [0.15, 0.2) is 0 Å². The van der Waals surface area contributed by atoms with Crippen LogP contribution in [0.3, 0.4) is 0 Å². The summed E-state index contributed by atoms with van der Waals surface area (Å²) in [6, 6.07) is 13.3. The first-order chi connectivity index (χ1) is 9.52. The largest absolute Gasteiger partial charge is 0.490 e. The van der Waals surface area contributed by atoms with Gasteiger partial charge in [-0.15, -0.1) is 0 Å². The standard InChI is InChI=1S/C14H12ClFO3S/c15-20(17,18)12-6-7-14(19-9-8-16)13(10-12)11-4-2-1-3-5-11/h1-7,10H,8-9H2. The smallest absolute Gasteiger partial charge is 0.261 e. The minimum Gasteiger partial charge on any atom is -0.490 e. The van der Waals surface area contributed by atoms with Crippen LogP contribution < -0.4 is 4.74 Å². The summed E-state index contributed by atoms with van der Waals surface area (Å²) in [6.07, 6.45) is 0. The summed E-state index contributed by atoms with van der Waals surface area (Å²) in [6.45, 7) is -0.712. The summed E-state index contributed by atoms with van der Waals surface area (Å²) in [5, 5.41) is 0. The van der Waals surface area contributed by atoms with E-state index in [2.05, 4.69) is 0 Å². The molecule has 0 radical (unpaired) electrons. The van der Waals surface area contributed by atoms with Gasteiger partial charge in [0.2, 0.25) is 0 Å². The third kappa shape index (κ3) is 3.49. The number of alkyl halides is 1. The maximum Gasteiger partial charge on any atom is 0.261 e. The molecule has 2 aromatic carbocycles. The van der Waals surface area contributed by atoms with Crippen molar-refractivity contribution in [3.05, 3.63) is 48.5 Å². The Bertz CT molecular complexity index is 687. The van der Waals surface area contributed by atoms with Gasteiger partial charge in [0.25, 0.3) is 9.05 Å². The van der Waals surface area contributed by atoms with Crippen molar-refractivity contribution in [3.63, 3.8) is 0 Å². The van der Waals surface area contributed by atoms with E-state index in [9.17, 15) is 12.8 Å². The summed E-state index contributed by atoms with van der Waals surface area (Å²) in [5.41, 5.74) is 1.32. The van der Waals surface area contributed by atoms with Crippen LogP contribution in [0.4, 0.5) is 4.39 Å². The van der Waals surface area contributed by atoms with Gasteiger partial charge < -0.3 is 4.74 Å². The molecule has 0 bridgehead atoms. The number of benzene rings is 2.